The zero-order valence-corrected chi connectivity index (χ0v) is 11.1. The van der Waals surface area contributed by atoms with E-state index >= 15 is 0 Å². The van der Waals surface area contributed by atoms with E-state index in [-0.39, 0.29) is 11.4 Å². The van der Waals surface area contributed by atoms with Gasteiger partial charge in [-0.3, -0.25) is 4.90 Å². The van der Waals surface area contributed by atoms with Gasteiger partial charge in [-0.15, -0.1) is 0 Å². The van der Waals surface area contributed by atoms with Gasteiger partial charge in [0.15, 0.2) is 6.10 Å². The first-order chi connectivity index (χ1) is 7.98. The molecule has 1 fully saturated rings. The Labute approximate surface area is 103 Å². The molecule has 1 aliphatic rings. The number of methoxy groups -OCH3 is 1. The molecule has 0 aliphatic carbocycles. The topological polar surface area (TPSA) is 64.8 Å². The molecule has 100 valence electrons. The van der Waals surface area contributed by atoms with Crippen LogP contribution in [0.25, 0.3) is 0 Å². The molecule has 0 aromatic carbocycles. The number of hydrogen-bond donors (Lipinski definition) is 1. The molecule has 5 heteroatoms. The third-order valence-electron chi connectivity index (χ3n) is 3.27. The summed E-state index contributed by atoms with van der Waals surface area (Å²) in [5.41, 5.74) is 5.85. The molecule has 0 spiro atoms. The standard InChI is InChI=1S/C12H24N2O3/c1-12(2,9-13)4-5-14-6-7-17-10(8-14)11(15)16-3/h10H,4-9,13H2,1-3H3. The molecule has 0 bridgehead atoms. The van der Waals surface area contributed by atoms with Gasteiger partial charge in [-0.25, -0.2) is 4.79 Å². The Morgan fingerprint density at radius 3 is 2.88 bits per heavy atom. The van der Waals surface area contributed by atoms with Crippen LogP contribution in [0.4, 0.5) is 0 Å². The first kappa shape index (κ1) is 14.4. The molecule has 1 rings (SSSR count). The minimum atomic E-state index is -0.435. The molecule has 0 radical (unpaired) electrons. The minimum Gasteiger partial charge on any atom is -0.467 e. The molecule has 1 unspecified atom stereocenters. The molecule has 1 atom stereocenters. The van der Waals surface area contributed by atoms with E-state index in [4.69, 9.17) is 15.2 Å². The van der Waals surface area contributed by atoms with Crippen molar-refractivity contribution in [3.05, 3.63) is 0 Å². The zero-order valence-electron chi connectivity index (χ0n) is 11.1. The number of morpholine rings is 1. The van der Waals surface area contributed by atoms with Crippen molar-refractivity contribution in [3.63, 3.8) is 0 Å². The van der Waals surface area contributed by atoms with E-state index in [9.17, 15) is 4.79 Å². The van der Waals surface area contributed by atoms with Crippen LogP contribution < -0.4 is 5.73 Å². The maximum Gasteiger partial charge on any atom is 0.336 e. The van der Waals surface area contributed by atoms with E-state index in [0.717, 1.165) is 19.5 Å². The Kier molecular flexibility index (Phi) is 5.36. The van der Waals surface area contributed by atoms with Gasteiger partial charge >= 0.3 is 5.97 Å². The molecule has 1 heterocycles. The van der Waals surface area contributed by atoms with Crippen molar-refractivity contribution < 1.29 is 14.3 Å². The Bertz CT molecular complexity index is 256. The summed E-state index contributed by atoms with van der Waals surface area (Å²) in [5, 5.41) is 0. The van der Waals surface area contributed by atoms with E-state index in [1.807, 2.05) is 0 Å². The second-order valence-corrected chi connectivity index (χ2v) is 5.30. The molecular weight excluding hydrogens is 220 g/mol. The van der Waals surface area contributed by atoms with Gasteiger partial charge in [0.25, 0.3) is 0 Å². The average molecular weight is 244 g/mol. The van der Waals surface area contributed by atoms with Crippen LogP contribution in [0.3, 0.4) is 0 Å². The largest absolute Gasteiger partial charge is 0.467 e. The molecule has 5 nitrogen and oxygen atoms in total. The average Bonchev–Trinajstić information content (AvgIpc) is 2.36. The first-order valence-corrected chi connectivity index (χ1v) is 6.10. The van der Waals surface area contributed by atoms with Crippen LogP contribution in [0.5, 0.6) is 0 Å². The number of ether oxygens (including phenoxy) is 2. The second kappa shape index (κ2) is 6.33. The molecule has 1 saturated heterocycles. The van der Waals surface area contributed by atoms with Crippen molar-refractivity contribution >= 4 is 5.97 Å². The molecule has 2 N–H and O–H groups in total. The van der Waals surface area contributed by atoms with Crippen LogP contribution >= 0.6 is 0 Å². The number of nitrogens with two attached hydrogens (primary N) is 1. The van der Waals surface area contributed by atoms with Gasteiger partial charge < -0.3 is 15.2 Å². The highest BCUT2D eigenvalue weighted by molar-refractivity contribution is 5.74. The Balaban J connectivity index is 2.37. The summed E-state index contributed by atoms with van der Waals surface area (Å²) in [5.74, 6) is -0.284. The van der Waals surface area contributed by atoms with E-state index < -0.39 is 6.10 Å². The summed E-state index contributed by atoms with van der Waals surface area (Å²) in [6.07, 6.45) is 0.590. The summed E-state index contributed by atoms with van der Waals surface area (Å²) in [6.45, 7) is 8.01. The highest BCUT2D eigenvalue weighted by Crippen LogP contribution is 2.19. The fourth-order valence-corrected chi connectivity index (χ4v) is 1.74. The van der Waals surface area contributed by atoms with Gasteiger partial charge in [0.1, 0.15) is 0 Å². The third-order valence-corrected chi connectivity index (χ3v) is 3.27. The molecule has 1 aliphatic heterocycles. The van der Waals surface area contributed by atoms with Crippen LogP contribution in [0.15, 0.2) is 0 Å². The van der Waals surface area contributed by atoms with Gasteiger partial charge in [-0.1, -0.05) is 13.8 Å². The maximum absolute atomic E-state index is 11.4. The monoisotopic (exact) mass is 244 g/mol. The van der Waals surface area contributed by atoms with E-state index in [1.54, 1.807) is 0 Å². The molecule has 0 saturated carbocycles. The Hall–Kier alpha value is -0.650. The lowest BCUT2D eigenvalue weighted by molar-refractivity contribution is -0.159. The molecule has 17 heavy (non-hydrogen) atoms. The van der Waals surface area contributed by atoms with Crippen molar-refractivity contribution in [2.45, 2.75) is 26.4 Å². The van der Waals surface area contributed by atoms with Gasteiger partial charge in [0.2, 0.25) is 0 Å². The predicted molar refractivity (Wildman–Crippen MR) is 65.6 cm³/mol. The highest BCUT2D eigenvalue weighted by Gasteiger charge is 2.28. The lowest BCUT2D eigenvalue weighted by atomic mass is 9.89. The van der Waals surface area contributed by atoms with E-state index in [0.29, 0.717) is 19.7 Å². The fraction of sp³-hybridized carbons (Fsp3) is 0.917. The molecular formula is C12H24N2O3. The fourth-order valence-electron chi connectivity index (χ4n) is 1.74. The zero-order chi connectivity index (χ0) is 12.9. The third kappa shape index (κ3) is 4.61. The quantitative estimate of drug-likeness (QED) is 0.702. The summed E-state index contributed by atoms with van der Waals surface area (Å²) in [7, 11) is 1.39. The number of carbonyl (C=O) groups excluding carboxylic acids is 1. The number of hydrogen-bond acceptors (Lipinski definition) is 5. The summed E-state index contributed by atoms with van der Waals surface area (Å²) < 4.78 is 10.1. The normalized spacial score (nSPS) is 22.5. The number of esters is 1. The van der Waals surface area contributed by atoms with E-state index in [1.165, 1.54) is 7.11 Å². The first-order valence-electron chi connectivity index (χ1n) is 6.10. The van der Waals surface area contributed by atoms with E-state index in [2.05, 4.69) is 18.7 Å². The van der Waals surface area contributed by atoms with Crippen molar-refractivity contribution in [2.24, 2.45) is 11.1 Å². The predicted octanol–water partition coefficient (Wildman–Crippen LogP) is 0.235. The number of rotatable bonds is 5. The van der Waals surface area contributed by atoms with Crippen molar-refractivity contribution in [2.75, 3.05) is 39.9 Å². The van der Waals surface area contributed by atoms with Crippen LogP contribution in [0.1, 0.15) is 20.3 Å². The van der Waals surface area contributed by atoms with Crippen LogP contribution in [-0.2, 0) is 14.3 Å². The van der Waals surface area contributed by atoms with Gasteiger partial charge in [0.05, 0.1) is 13.7 Å². The van der Waals surface area contributed by atoms with Crippen LogP contribution in [0, 0.1) is 5.41 Å². The molecule has 0 aromatic heterocycles. The van der Waals surface area contributed by atoms with Crippen LogP contribution in [0.2, 0.25) is 0 Å². The Morgan fingerprint density at radius 2 is 2.29 bits per heavy atom. The SMILES string of the molecule is COC(=O)C1CN(CCC(C)(C)CN)CCO1. The smallest absolute Gasteiger partial charge is 0.336 e. The summed E-state index contributed by atoms with van der Waals surface area (Å²) in [6, 6.07) is 0. The summed E-state index contributed by atoms with van der Waals surface area (Å²) in [4.78, 5) is 13.6. The van der Waals surface area contributed by atoms with Crippen molar-refractivity contribution in [1.82, 2.24) is 4.90 Å². The number of nitrogens with zero attached hydrogens (tertiary/aromatic N) is 1. The molecule has 0 aromatic rings. The van der Waals surface area contributed by atoms with Crippen LogP contribution in [-0.4, -0.2) is 56.9 Å². The van der Waals surface area contributed by atoms with Gasteiger partial charge in [-0.05, 0) is 24.9 Å². The lowest BCUT2D eigenvalue weighted by Gasteiger charge is -2.33. The molecule has 0 amide bonds. The minimum absolute atomic E-state index is 0.152. The van der Waals surface area contributed by atoms with Crippen molar-refractivity contribution in [1.29, 1.82) is 0 Å². The lowest BCUT2D eigenvalue weighted by Crippen LogP contribution is -2.47. The second-order valence-electron chi connectivity index (χ2n) is 5.30. The summed E-state index contributed by atoms with van der Waals surface area (Å²) >= 11 is 0. The maximum atomic E-state index is 11.4. The van der Waals surface area contributed by atoms with Gasteiger partial charge in [-0.2, -0.15) is 0 Å². The highest BCUT2D eigenvalue weighted by atomic mass is 16.6. The number of carbonyl (C=O) groups is 1. The Morgan fingerprint density at radius 1 is 1.59 bits per heavy atom. The van der Waals surface area contributed by atoms with Crippen molar-refractivity contribution in [3.8, 4) is 0 Å². The van der Waals surface area contributed by atoms with Gasteiger partial charge in [0, 0.05) is 13.1 Å².